The lowest BCUT2D eigenvalue weighted by atomic mass is 9.82. The number of hydrogen-bond acceptors (Lipinski definition) is 4. The molecule has 3 heterocycles. The predicted octanol–water partition coefficient (Wildman–Crippen LogP) is 5.90. The number of alkyl halides is 6. The Morgan fingerprint density at radius 2 is 1.62 bits per heavy atom. The van der Waals surface area contributed by atoms with Crippen LogP contribution in [0.3, 0.4) is 0 Å². The highest BCUT2D eigenvalue weighted by Gasteiger charge is 2.40. The molecule has 3 aromatic heterocycles. The van der Waals surface area contributed by atoms with Crippen molar-refractivity contribution in [1.29, 1.82) is 0 Å². The summed E-state index contributed by atoms with van der Waals surface area (Å²) in [7, 11) is 1.58. The minimum atomic E-state index is -4.75. The fourth-order valence-corrected chi connectivity index (χ4v) is 4.73. The van der Waals surface area contributed by atoms with Gasteiger partial charge in [-0.25, -0.2) is 4.98 Å². The van der Waals surface area contributed by atoms with Crippen LogP contribution in [0.25, 0.3) is 10.9 Å². The lowest BCUT2D eigenvalue weighted by Crippen LogP contribution is -2.32. The van der Waals surface area contributed by atoms with E-state index in [-0.39, 0.29) is 28.8 Å². The SMILES string of the molecule is CCc1nc2ccc([C@@](O)(c3ccnc(C(F)(F)F)c3)c3cncn3C)cc2c(CC)c1CC(F)(F)F. The van der Waals surface area contributed by atoms with Gasteiger partial charge in [0, 0.05) is 24.3 Å². The van der Waals surface area contributed by atoms with Crippen LogP contribution in [-0.2, 0) is 38.1 Å². The van der Waals surface area contributed by atoms with Crippen LogP contribution < -0.4 is 0 Å². The van der Waals surface area contributed by atoms with E-state index in [0.29, 0.717) is 28.6 Å². The Morgan fingerprint density at radius 3 is 2.19 bits per heavy atom. The second-order valence-corrected chi connectivity index (χ2v) is 8.77. The molecule has 0 unspecified atom stereocenters. The Kier molecular flexibility index (Phi) is 6.78. The number of benzene rings is 1. The van der Waals surface area contributed by atoms with Crippen LogP contribution in [0.4, 0.5) is 26.3 Å². The molecule has 5 nitrogen and oxygen atoms in total. The fourth-order valence-electron chi connectivity index (χ4n) is 4.73. The van der Waals surface area contributed by atoms with E-state index in [2.05, 4.69) is 15.0 Å². The molecule has 0 spiro atoms. The topological polar surface area (TPSA) is 63.8 Å². The van der Waals surface area contributed by atoms with Gasteiger partial charge < -0.3 is 9.67 Å². The Labute approximate surface area is 208 Å². The molecule has 1 N–H and O–H groups in total. The van der Waals surface area contributed by atoms with Gasteiger partial charge in [-0.1, -0.05) is 19.9 Å². The summed E-state index contributed by atoms with van der Waals surface area (Å²) in [5.41, 5.74) is -1.84. The zero-order valence-corrected chi connectivity index (χ0v) is 20.2. The van der Waals surface area contributed by atoms with Gasteiger partial charge in [0.2, 0.25) is 0 Å². The van der Waals surface area contributed by atoms with Gasteiger partial charge in [0.1, 0.15) is 5.69 Å². The number of nitrogens with zero attached hydrogens (tertiary/aromatic N) is 4. The van der Waals surface area contributed by atoms with Crippen LogP contribution in [0.5, 0.6) is 0 Å². The zero-order valence-electron chi connectivity index (χ0n) is 20.2. The average Bonchev–Trinajstić information content (AvgIpc) is 3.27. The number of aromatic nitrogens is 4. The molecule has 0 aliphatic carbocycles. The number of imidazole rings is 1. The van der Waals surface area contributed by atoms with Crippen LogP contribution in [0.15, 0.2) is 49.1 Å². The number of fused-ring (bicyclic) bond motifs is 1. The van der Waals surface area contributed by atoms with Crippen LogP contribution >= 0.6 is 0 Å². The van der Waals surface area contributed by atoms with Crippen LogP contribution in [0, 0.1) is 0 Å². The number of aryl methyl sites for hydroxylation is 3. The summed E-state index contributed by atoms with van der Waals surface area (Å²) in [6.45, 7) is 3.46. The Morgan fingerprint density at radius 1 is 0.919 bits per heavy atom. The third kappa shape index (κ3) is 4.92. The highest BCUT2D eigenvalue weighted by Crippen LogP contribution is 2.40. The average molecular weight is 522 g/mol. The van der Waals surface area contributed by atoms with Gasteiger partial charge in [-0.2, -0.15) is 26.3 Å². The molecule has 4 aromatic rings. The van der Waals surface area contributed by atoms with Gasteiger partial charge >= 0.3 is 12.4 Å². The Balaban J connectivity index is 2.03. The molecule has 0 aliphatic rings. The molecular formula is C26H24F6N4O. The van der Waals surface area contributed by atoms with Crippen molar-refractivity contribution in [3.8, 4) is 0 Å². The van der Waals surface area contributed by atoms with E-state index in [9.17, 15) is 31.4 Å². The minimum Gasteiger partial charge on any atom is -0.374 e. The summed E-state index contributed by atoms with van der Waals surface area (Å²) in [5, 5.41) is 12.5. The van der Waals surface area contributed by atoms with Crippen molar-refractivity contribution < 1.29 is 31.4 Å². The van der Waals surface area contributed by atoms with Gasteiger partial charge in [0.15, 0.2) is 5.60 Å². The van der Waals surface area contributed by atoms with Crippen molar-refractivity contribution in [2.45, 2.75) is 51.1 Å². The van der Waals surface area contributed by atoms with Crippen molar-refractivity contribution >= 4 is 10.9 Å². The maximum atomic E-state index is 13.5. The fraction of sp³-hybridized carbons (Fsp3) is 0.346. The van der Waals surface area contributed by atoms with E-state index in [0.717, 1.165) is 12.3 Å². The maximum Gasteiger partial charge on any atom is 0.433 e. The molecule has 0 aliphatic heterocycles. The first-order valence-electron chi connectivity index (χ1n) is 11.5. The number of rotatable bonds is 6. The summed E-state index contributed by atoms with van der Waals surface area (Å²) < 4.78 is 82.3. The van der Waals surface area contributed by atoms with Gasteiger partial charge in [-0.3, -0.25) is 9.97 Å². The number of pyridine rings is 2. The van der Waals surface area contributed by atoms with Crippen molar-refractivity contribution in [3.05, 3.63) is 88.4 Å². The van der Waals surface area contributed by atoms with Gasteiger partial charge in [-0.15, -0.1) is 0 Å². The van der Waals surface area contributed by atoms with Crippen LogP contribution in [-0.4, -0.2) is 30.8 Å². The van der Waals surface area contributed by atoms with E-state index in [1.165, 1.54) is 35.3 Å². The molecule has 0 saturated carbocycles. The van der Waals surface area contributed by atoms with Gasteiger partial charge in [0.05, 0.1) is 30.2 Å². The Hall–Kier alpha value is -3.47. The number of halogens is 6. The smallest absolute Gasteiger partial charge is 0.374 e. The van der Waals surface area contributed by atoms with E-state index in [1.807, 2.05) is 0 Å². The molecule has 4 rings (SSSR count). The first-order valence-corrected chi connectivity index (χ1v) is 11.5. The van der Waals surface area contributed by atoms with Crippen LogP contribution in [0.1, 0.15) is 53.2 Å². The van der Waals surface area contributed by atoms with Gasteiger partial charge in [0.25, 0.3) is 0 Å². The second-order valence-electron chi connectivity index (χ2n) is 8.77. The van der Waals surface area contributed by atoms with Crippen LogP contribution in [0.2, 0.25) is 0 Å². The summed E-state index contributed by atoms with van der Waals surface area (Å²) >= 11 is 0. The highest BCUT2D eigenvalue weighted by atomic mass is 19.4. The number of aliphatic hydroxyl groups is 1. The molecule has 0 radical (unpaired) electrons. The maximum absolute atomic E-state index is 13.5. The first kappa shape index (κ1) is 26.6. The molecule has 196 valence electrons. The van der Waals surface area contributed by atoms with Crippen molar-refractivity contribution in [3.63, 3.8) is 0 Å². The molecule has 11 heteroatoms. The lowest BCUT2D eigenvalue weighted by molar-refractivity contribution is -0.141. The minimum absolute atomic E-state index is 0.0782. The van der Waals surface area contributed by atoms with E-state index in [1.54, 1.807) is 27.0 Å². The second kappa shape index (κ2) is 9.44. The largest absolute Gasteiger partial charge is 0.433 e. The molecule has 0 saturated heterocycles. The standard InChI is InChI=1S/C26H24F6N4O/c1-4-17-18-10-15(6-7-21(18)35-20(5-2)19(17)12-24(27,28)29)25(37,23-13-33-14-36(23)3)16-8-9-34-22(11-16)26(30,31)32/h6-11,13-14,37H,4-5,12H2,1-3H3/t25-/m1/s1. The number of hydrogen-bond donors (Lipinski definition) is 1. The summed E-state index contributed by atoms with van der Waals surface area (Å²) in [4.78, 5) is 11.9. The molecule has 1 atom stereocenters. The quantitative estimate of drug-likeness (QED) is 0.321. The molecular weight excluding hydrogens is 498 g/mol. The lowest BCUT2D eigenvalue weighted by Gasteiger charge is -2.30. The van der Waals surface area contributed by atoms with E-state index >= 15 is 0 Å². The van der Waals surface area contributed by atoms with Crippen molar-refractivity contribution in [1.82, 2.24) is 19.5 Å². The monoisotopic (exact) mass is 522 g/mol. The highest BCUT2D eigenvalue weighted by molar-refractivity contribution is 5.85. The molecule has 0 fully saturated rings. The molecule has 37 heavy (non-hydrogen) atoms. The van der Waals surface area contributed by atoms with Crippen molar-refractivity contribution in [2.24, 2.45) is 7.05 Å². The van der Waals surface area contributed by atoms with E-state index < -0.39 is 30.1 Å². The summed E-state index contributed by atoms with van der Waals surface area (Å²) in [5.74, 6) is 0. The normalized spacial score (nSPS) is 14.2. The molecule has 0 bridgehead atoms. The zero-order chi connectivity index (χ0) is 27.2. The third-order valence-corrected chi connectivity index (χ3v) is 6.43. The summed E-state index contributed by atoms with van der Waals surface area (Å²) in [6.07, 6.45) is -6.14. The summed E-state index contributed by atoms with van der Waals surface area (Å²) in [6, 6.07) is 6.60. The predicted molar refractivity (Wildman–Crippen MR) is 125 cm³/mol. The third-order valence-electron chi connectivity index (χ3n) is 6.43. The van der Waals surface area contributed by atoms with Gasteiger partial charge in [-0.05, 0) is 59.4 Å². The Bertz CT molecular complexity index is 1440. The first-order chi connectivity index (χ1) is 17.3. The molecule has 1 aromatic carbocycles. The van der Waals surface area contributed by atoms with E-state index in [4.69, 9.17) is 0 Å². The molecule has 0 amide bonds. The van der Waals surface area contributed by atoms with Crippen molar-refractivity contribution in [2.75, 3.05) is 0 Å².